The maximum atomic E-state index is 13.3. The summed E-state index contributed by atoms with van der Waals surface area (Å²) in [6.45, 7) is 0.599. The van der Waals surface area contributed by atoms with Crippen LogP contribution in [0.1, 0.15) is 5.56 Å². The first kappa shape index (κ1) is 19.5. The van der Waals surface area contributed by atoms with Crippen molar-refractivity contribution in [3.63, 3.8) is 0 Å². The number of hydrogen-bond acceptors (Lipinski definition) is 5. The summed E-state index contributed by atoms with van der Waals surface area (Å²) in [7, 11) is 0. The summed E-state index contributed by atoms with van der Waals surface area (Å²) in [6.07, 6.45) is 2.32. The van der Waals surface area contributed by atoms with Gasteiger partial charge in [0.25, 0.3) is 0 Å². The van der Waals surface area contributed by atoms with Gasteiger partial charge in [0.15, 0.2) is 0 Å². The zero-order valence-corrected chi connectivity index (χ0v) is 17.1. The van der Waals surface area contributed by atoms with Gasteiger partial charge in [-0.3, -0.25) is 4.79 Å². The van der Waals surface area contributed by atoms with Gasteiger partial charge in [0.1, 0.15) is 22.0 Å². The van der Waals surface area contributed by atoms with E-state index in [1.807, 2.05) is 35.7 Å². The minimum atomic E-state index is -0.272. The Labute approximate surface area is 176 Å². The van der Waals surface area contributed by atoms with Gasteiger partial charge in [-0.2, -0.15) is 0 Å². The molecular formula is C22H18FN3OS2. The lowest BCUT2D eigenvalue weighted by Crippen LogP contribution is -2.27. The van der Waals surface area contributed by atoms with Crippen LogP contribution >= 0.6 is 23.1 Å². The number of nitrogens with zero attached hydrogens (tertiary/aromatic N) is 2. The third kappa shape index (κ3) is 4.81. The van der Waals surface area contributed by atoms with E-state index in [0.29, 0.717) is 6.54 Å². The molecule has 4 rings (SSSR count). The molecule has 0 bridgehead atoms. The molecule has 0 saturated heterocycles. The molecule has 4 nitrogen and oxygen atoms in total. The average Bonchev–Trinajstić information content (AvgIpc) is 3.18. The molecule has 2 heterocycles. The van der Waals surface area contributed by atoms with Gasteiger partial charge in [0, 0.05) is 17.5 Å². The fourth-order valence-corrected chi connectivity index (χ4v) is 4.80. The number of hydrogen-bond donors (Lipinski definition) is 1. The first-order valence-corrected chi connectivity index (χ1v) is 11.0. The van der Waals surface area contributed by atoms with Crippen molar-refractivity contribution >= 4 is 39.2 Å². The van der Waals surface area contributed by atoms with Crippen LogP contribution in [0.3, 0.4) is 0 Å². The Hall–Kier alpha value is -2.77. The Balaban J connectivity index is 1.43. The minimum absolute atomic E-state index is 0.0312. The first-order chi connectivity index (χ1) is 14.2. The minimum Gasteiger partial charge on any atom is -0.355 e. The first-order valence-electron chi connectivity index (χ1n) is 9.12. The fourth-order valence-electron chi connectivity index (χ4n) is 2.97. The quantitative estimate of drug-likeness (QED) is 0.338. The van der Waals surface area contributed by atoms with Crippen molar-refractivity contribution in [2.24, 2.45) is 0 Å². The van der Waals surface area contributed by atoms with Crippen LogP contribution in [0.2, 0.25) is 0 Å². The number of amides is 1. The predicted molar refractivity (Wildman–Crippen MR) is 117 cm³/mol. The van der Waals surface area contributed by atoms with Crippen LogP contribution in [0.15, 0.2) is 71.3 Å². The second kappa shape index (κ2) is 9.15. The maximum Gasteiger partial charge on any atom is 0.230 e. The van der Waals surface area contributed by atoms with Crippen molar-refractivity contribution in [3.8, 4) is 11.1 Å². The Morgan fingerprint density at radius 2 is 1.86 bits per heavy atom. The zero-order valence-electron chi connectivity index (χ0n) is 15.5. The lowest BCUT2D eigenvalue weighted by molar-refractivity contribution is -0.118. The van der Waals surface area contributed by atoms with Gasteiger partial charge in [0.05, 0.1) is 11.1 Å². The van der Waals surface area contributed by atoms with Gasteiger partial charge in [-0.15, -0.1) is 11.3 Å². The zero-order chi connectivity index (χ0) is 20.1. The van der Waals surface area contributed by atoms with E-state index in [1.165, 1.54) is 47.1 Å². The number of thioether (sulfide) groups is 1. The molecule has 0 aliphatic carbocycles. The third-order valence-electron chi connectivity index (χ3n) is 4.41. The van der Waals surface area contributed by atoms with E-state index in [-0.39, 0.29) is 17.5 Å². The average molecular weight is 424 g/mol. The largest absolute Gasteiger partial charge is 0.355 e. The van der Waals surface area contributed by atoms with Gasteiger partial charge >= 0.3 is 0 Å². The molecule has 2 aromatic heterocycles. The van der Waals surface area contributed by atoms with E-state index in [4.69, 9.17) is 0 Å². The molecule has 0 radical (unpaired) electrons. The molecule has 7 heteroatoms. The van der Waals surface area contributed by atoms with Crippen molar-refractivity contribution in [3.05, 3.63) is 77.7 Å². The van der Waals surface area contributed by atoms with Gasteiger partial charge in [0.2, 0.25) is 5.91 Å². The highest BCUT2D eigenvalue weighted by Crippen LogP contribution is 2.37. The van der Waals surface area contributed by atoms with Crippen LogP contribution in [0.5, 0.6) is 0 Å². The molecule has 0 aliphatic heterocycles. The standard InChI is InChI=1S/C22H18FN3OS2/c23-17-8-6-16(7-9-17)18-12-28-21-20(18)22(26-14-25-21)29-13-19(27)24-11-10-15-4-2-1-3-5-15/h1-9,12,14H,10-11,13H2,(H,24,27). The Bertz CT molecular complexity index is 1110. The number of carbonyl (C=O) groups excluding carboxylic acids is 1. The van der Waals surface area contributed by atoms with E-state index in [2.05, 4.69) is 15.3 Å². The highest BCUT2D eigenvalue weighted by Gasteiger charge is 2.14. The number of thiophene rings is 1. The molecule has 0 spiro atoms. The van der Waals surface area contributed by atoms with E-state index in [1.54, 1.807) is 12.1 Å². The lowest BCUT2D eigenvalue weighted by atomic mass is 10.1. The van der Waals surface area contributed by atoms with Gasteiger partial charge in [-0.25, -0.2) is 14.4 Å². The molecule has 0 aliphatic rings. The third-order valence-corrected chi connectivity index (χ3v) is 6.29. The fraction of sp³-hybridized carbons (Fsp3) is 0.136. The van der Waals surface area contributed by atoms with E-state index < -0.39 is 0 Å². The number of benzene rings is 2. The SMILES string of the molecule is O=C(CSc1ncnc2scc(-c3ccc(F)cc3)c12)NCCc1ccccc1. The molecule has 4 aromatic rings. The summed E-state index contributed by atoms with van der Waals surface area (Å²) in [5.41, 5.74) is 3.05. The van der Waals surface area contributed by atoms with Crippen molar-refractivity contribution in [1.82, 2.24) is 15.3 Å². The number of halogens is 1. The molecule has 2 aromatic carbocycles. The molecule has 29 heavy (non-hydrogen) atoms. The second-order valence-corrected chi connectivity index (χ2v) is 8.21. The van der Waals surface area contributed by atoms with Crippen LogP contribution in [-0.2, 0) is 11.2 Å². The Morgan fingerprint density at radius 1 is 1.07 bits per heavy atom. The molecule has 1 N–H and O–H groups in total. The van der Waals surface area contributed by atoms with Crippen LogP contribution < -0.4 is 5.32 Å². The van der Waals surface area contributed by atoms with Crippen molar-refractivity contribution in [2.45, 2.75) is 11.4 Å². The van der Waals surface area contributed by atoms with Gasteiger partial charge in [-0.1, -0.05) is 54.2 Å². The number of carbonyl (C=O) groups is 1. The summed E-state index contributed by atoms with van der Waals surface area (Å²) in [5.74, 6) is -0.0258. The predicted octanol–water partition coefficient (Wildman–Crippen LogP) is 4.95. The normalized spacial score (nSPS) is 10.9. The molecule has 146 valence electrons. The van der Waals surface area contributed by atoms with E-state index in [9.17, 15) is 9.18 Å². The van der Waals surface area contributed by atoms with Crippen LogP contribution in [-0.4, -0.2) is 28.2 Å². The smallest absolute Gasteiger partial charge is 0.230 e. The number of nitrogens with one attached hydrogen (secondary N) is 1. The molecular weight excluding hydrogens is 405 g/mol. The number of rotatable bonds is 7. The monoisotopic (exact) mass is 423 g/mol. The van der Waals surface area contributed by atoms with Gasteiger partial charge < -0.3 is 5.32 Å². The van der Waals surface area contributed by atoms with Gasteiger partial charge in [-0.05, 0) is 29.7 Å². The molecule has 0 saturated carbocycles. The second-order valence-electron chi connectivity index (χ2n) is 6.39. The summed E-state index contributed by atoms with van der Waals surface area (Å²) in [5, 5.41) is 6.62. The van der Waals surface area contributed by atoms with E-state index >= 15 is 0 Å². The summed E-state index contributed by atoms with van der Waals surface area (Å²) < 4.78 is 13.3. The molecule has 0 fully saturated rings. The van der Waals surface area contributed by atoms with Crippen LogP contribution in [0.25, 0.3) is 21.3 Å². The summed E-state index contributed by atoms with van der Waals surface area (Å²) >= 11 is 2.90. The number of fused-ring (bicyclic) bond motifs is 1. The molecule has 1 amide bonds. The number of aromatic nitrogens is 2. The Morgan fingerprint density at radius 3 is 2.66 bits per heavy atom. The maximum absolute atomic E-state index is 13.3. The summed E-state index contributed by atoms with van der Waals surface area (Å²) in [6, 6.07) is 16.4. The van der Waals surface area contributed by atoms with Crippen molar-refractivity contribution in [1.29, 1.82) is 0 Å². The van der Waals surface area contributed by atoms with E-state index in [0.717, 1.165) is 32.8 Å². The van der Waals surface area contributed by atoms with Crippen molar-refractivity contribution < 1.29 is 9.18 Å². The molecule has 0 unspecified atom stereocenters. The lowest BCUT2D eigenvalue weighted by Gasteiger charge is -2.07. The molecule has 0 atom stereocenters. The highest BCUT2D eigenvalue weighted by molar-refractivity contribution is 8.00. The van der Waals surface area contributed by atoms with Crippen LogP contribution in [0.4, 0.5) is 4.39 Å². The van der Waals surface area contributed by atoms with Crippen molar-refractivity contribution in [2.75, 3.05) is 12.3 Å². The summed E-state index contributed by atoms with van der Waals surface area (Å²) in [4.78, 5) is 21.8. The highest BCUT2D eigenvalue weighted by atomic mass is 32.2. The van der Waals surface area contributed by atoms with Crippen LogP contribution in [0, 0.1) is 5.82 Å². The topological polar surface area (TPSA) is 54.9 Å². The Kier molecular flexibility index (Phi) is 6.17.